The maximum atomic E-state index is 4.54. The van der Waals surface area contributed by atoms with Gasteiger partial charge in [0.1, 0.15) is 0 Å². The largest absolute Gasteiger partial charge is 0.265 e. The zero-order valence-electron chi connectivity index (χ0n) is 10.5. The van der Waals surface area contributed by atoms with Crippen molar-refractivity contribution in [2.75, 3.05) is 0 Å². The molecule has 19 heavy (non-hydrogen) atoms. The van der Waals surface area contributed by atoms with E-state index in [2.05, 4.69) is 29.5 Å². The molecule has 98 valence electrons. The molecule has 3 rings (SSSR count). The van der Waals surface area contributed by atoms with Gasteiger partial charge in [0.15, 0.2) is 0 Å². The van der Waals surface area contributed by atoms with Gasteiger partial charge in [-0.25, -0.2) is 0 Å². The summed E-state index contributed by atoms with van der Waals surface area (Å²) in [4.78, 5) is 0. The van der Waals surface area contributed by atoms with Crippen LogP contribution in [0.1, 0.15) is 5.69 Å². The molecule has 0 spiro atoms. The van der Waals surface area contributed by atoms with Crippen molar-refractivity contribution in [3.05, 3.63) is 72.6 Å². The molecule has 0 N–H and O–H groups in total. The molecule has 0 aliphatic rings. The van der Waals surface area contributed by atoms with E-state index in [0.717, 1.165) is 16.9 Å². The van der Waals surface area contributed by atoms with Gasteiger partial charge in [-0.3, -0.25) is 4.68 Å². The molecular formula is C16H13N2Pt-. The van der Waals surface area contributed by atoms with Crippen LogP contribution in [0, 0.1) is 13.0 Å². The second-order valence-corrected chi connectivity index (χ2v) is 4.19. The van der Waals surface area contributed by atoms with E-state index in [9.17, 15) is 0 Å². The van der Waals surface area contributed by atoms with Gasteiger partial charge in [0, 0.05) is 32.8 Å². The maximum absolute atomic E-state index is 4.54. The minimum Gasteiger partial charge on any atom is -0.265 e. The first-order valence-electron chi connectivity index (χ1n) is 5.93. The molecule has 2 aromatic carbocycles. The van der Waals surface area contributed by atoms with Gasteiger partial charge in [-0.05, 0) is 18.2 Å². The van der Waals surface area contributed by atoms with Crippen LogP contribution in [0.4, 0.5) is 0 Å². The molecule has 0 saturated heterocycles. The summed E-state index contributed by atoms with van der Waals surface area (Å²) in [7, 11) is 0. The van der Waals surface area contributed by atoms with Crippen LogP contribution in [0.5, 0.6) is 0 Å². The van der Waals surface area contributed by atoms with Crippen LogP contribution in [0.25, 0.3) is 16.8 Å². The smallest absolute Gasteiger partial charge is 0.0675 e. The Balaban J connectivity index is 0.00000133. The second-order valence-electron chi connectivity index (χ2n) is 4.19. The average molecular weight is 428 g/mol. The monoisotopic (exact) mass is 428 g/mol. The Morgan fingerprint density at radius 1 is 1.00 bits per heavy atom. The molecule has 0 unspecified atom stereocenters. The molecule has 2 nitrogen and oxygen atoms in total. The van der Waals surface area contributed by atoms with E-state index in [1.165, 1.54) is 5.56 Å². The topological polar surface area (TPSA) is 17.8 Å². The van der Waals surface area contributed by atoms with Crippen LogP contribution in [0.15, 0.2) is 60.8 Å². The summed E-state index contributed by atoms with van der Waals surface area (Å²) in [6.45, 7) is 2.03. The zero-order chi connectivity index (χ0) is 12.4. The first-order valence-corrected chi connectivity index (χ1v) is 5.93. The summed E-state index contributed by atoms with van der Waals surface area (Å²) in [5, 5.41) is 4.54. The van der Waals surface area contributed by atoms with Crippen molar-refractivity contribution in [3.63, 3.8) is 0 Å². The number of hydrogen-bond donors (Lipinski definition) is 0. The Bertz CT molecular complexity index is 645. The van der Waals surface area contributed by atoms with Crippen LogP contribution >= 0.6 is 0 Å². The fourth-order valence-electron chi connectivity index (χ4n) is 2.01. The van der Waals surface area contributed by atoms with Crippen molar-refractivity contribution in [1.29, 1.82) is 0 Å². The van der Waals surface area contributed by atoms with E-state index in [1.807, 2.05) is 54.1 Å². The Morgan fingerprint density at radius 2 is 1.74 bits per heavy atom. The number of aryl methyl sites for hydroxylation is 1. The third-order valence-electron chi connectivity index (χ3n) is 2.92. The van der Waals surface area contributed by atoms with Crippen molar-refractivity contribution in [1.82, 2.24) is 9.78 Å². The predicted molar refractivity (Wildman–Crippen MR) is 72.6 cm³/mol. The van der Waals surface area contributed by atoms with Crippen molar-refractivity contribution in [2.45, 2.75) is 6.92 Å². The van der Waals surface area contributed by atoms with E-state index in [0.29, 0.717) is 0 Å². The molecule has 1 heterocycles. The summed E-state index contributed by atoms with van der Waals surface area (Å²) in [5.74, 6) is 0. The zero-order valence-corrected chi connectivity index (χ0v) is 12.8. The van der Waals surface area contributed by atoms with Gasteiger partial charge in [-0.1, -0.05) is 30.3 Å². The summed E-state index contributed by atoms with van der Waals surface area (Å²) in [5.41, 5.74) is 4.34. The molecular weight excluding hydrogens is 415 g/mol. The van der Waals surface area contributed by atoms with Gasteiger partial charge >= 0.3 is 0 Å². The molecule has 0 aliphatic carbocycles. The van der Waals surface area contributed by atoms with Gasteiger partial charge in [0.25, 0.3) is 0 Å². The minimum atomic E-state index is 0. The Labute approximate surface area is 127 Å². The van der Waals surface area contributed by atoms with Crippen LogP contribution < -0.4 is 0 Å². The molecule has 3 heteroatoms. The SMILES string of the molecule is Cc1nn(-c2[c-]cccc2)cc1-c1ccccc1.[Pt]. The Hall–Kier alpha value is -1.66. The number of benzene rings is 2. The normalized spacial score (nSPS) is 9.95. The summed E-state index contributed by atoms with van der Waals surface area (Å²) in [6, 6.07) is 21.3. The van der Waals surface area contributed by atoms with Crippen molar-refractivity contribution in [2.24, 2.45) is 0 Å². The molecule has 0 fully saturated rings. The fourth-order valence-corrected chi connectivity index (χ4v) is 2.01. The average Bonchev–Trinajstić information content (AvgIpc) is 2.83. The maximum Gasteiger partial charge on any atom is 0.0675 e. The third-order valence-corrected chi connectivity index (χ3v) is 2.92. The Kier molecular flexibility index (Phi) is 4.34. The molecule has 0 radical (unpaired) electrons. The molecule has 0 bridgehead atoms. The Morgan fingerprint density at radius 3 is 2.42 bits per heavy atom. The van der Waals surface area contributed by atoms with Gasteiger partial charge < -0.3 is 0 Å². The quantitative estimate of drug-likeness (QED) is 0.570. The fraction of sp³-hybridized carbons (Fsp3) is 0.0625. The second kappa shape index (κ2) is 5.99. The van der Waals surface area contributed by atoms with Gasteiger partial charge in [-0.2, -0.15) is 29.4 Å². The van der Waals surface area contributed by atoms with Gasteiger partial charge in [-0.15, -0.1) is 6.07 Å². The number of para-hydroxylation sites is 1. The van der Waals surface area contributed by atoms with E-state index >= 15 is 0 Å². The van der Waals surface area contributed by atoms with E-state index in [-0.39, 0.29) is 21.1 Å². The molecule has 0 aliphatic heterocycles. The molecule has 0 saturated carbocycles. The number of hydrogen-bond acceptors (Lipinski definition) is 1. The van der Waals surface area contributed by atoms with E-state index in [4.69, 9.17) is 0 Å². The number of nitrogens with zero attached hydrogens (tertiary/aromatic N) is 2. The van der Waals surface area contributed by atoms with Crippen molar-refractivity contribution in [3.8, 4) is 16.8 Å². The van der Waals surface area contributed by atoms with E-state index < -0.39 is 0 Å². The molecule has 3 aromatic rings. The van der Waals surface area contributed by atoms with Crippen molar-refractivity contribution < 1.29 is 21.1 Å². The van der Waals surface area contributed by atoms with Gasteiger partial charge in [0.2, 0.25) is 0 Å². The third kappa shape index (κ3) is 2.85. The van der Waals surface area contributed by atoms with Crippen LogP contribution in [-0.2, 0) is 21.1 Å². The molecule has 1 aromatic heterocycles. The first-order chi connectivity index (χ1) is 8.84. The molecule has 0 atom stereocenters. The summed E-state index contributed by atoms with van der Waals surface area (Å²) < 4.78 is 1.87. The van der Waals surface area contributed by atoms with Crippen LogP contribution in [0.2, 0.25) is 0 Å². The summed E-state index contributed by atoms with van der Waals surface area (Å²) in [6.07, 6.45) is 2.05. The van der Waals surface area contributed by atoms with Crippen LogP contribution in [0.3, 0.4) is 0 Å². The summed E-state index contributed by atoms with van der Waals surface area (Å²) >= 11 is 0. The number of rotatable bonds is 2. The van der Waals surface area contributed by atoms with Gasteiger partial charge in [0.05, 0.1) is 5.69 Å². The van der Waals surface area contributed by atoms with Crippen molar-refractivity contribution >= 4 is 0 Å². The first kappa shape index (κ1) is 13.8. The standard InChI is InChI=1S/C16H13N2.Pt/c1-13-16(14-8-4-2-5-9-14)12-18(17-13)15-10-6-3-7-11-15;/h2-10,12H,1H3;/q-1;. The van der Waals surface area contributed by atoms with Crippen LogP contribution in [-0.4, -0.2) is 9.78 Å². The minimum absolute atomic E-state index is 0. The van der Waals surface area contributed by atoms with E-state index in [1.54, 1.807) is 0 Å². The number of aromatic nitrogens is 2. The molecule has 0 amide bonds. The predicted octanol–water partition coefficient (Wildman–Crippen LogP) is 3.65.